The zero-order valence-corrected chi connectivity index (χ0v) is 12.8. The van der Waals surface area contributed by atoms with Gasteiger partial charge in [0.25, 0.3) is 0 Å². The molecule has 0 spiro atoms. The van der Waals surface area contributed by atoms with E-state index >= 15 is 0 Å². The number of rotatable bonds is 3. The molecule has 1 fully saturated rings. The predicted molar refractivity (Wildman–Crippen MR) is 82.5 cm³/mol. The van der Waals surface area contributed by atoms with E-state index < -0.39 is 0 Å². The minimum Gasteiger partial charge on any atom is -0.356 e. The lowest BCUT2D eigenvalue weighted by atomic mass is 9.93. The smallest absolute Gasteiger partial charge is 0.193 e. The molecule has 1 aliphatic heterocycles. The summed E-state index contributed by atoms with van der Waals surface area (Å²) in [5, 5.41) is 3.53. The van der Waals surface area contributed by atoms with Gasteiger partial charge in [-0.25, -0.2) is 0 Å². The van der Waals surface area contributed by atoms with Crippen molar-refractivity contribution >= 4 is 5.96 Å². The lowest BCUT2D eigenvalue weighted by molar-refractivity contribution is 0.370. The molecule has 0 amide bonds. The van der Waals surface area contributed by atoms with Gasteiger partial charge in [0.1, 0.15) is 0 Å². The van der Waals surface area contributed by atoms with Gasteiger partial charge < -0.3 is 10.2 Å². The summed E-state index contributed by atoms with van der Waals surface area (Å²) in [6.45, 7) is 7.96. The van der Waals surface area contributed by atoms with Crippen LogP contribution in [0.3, 0.4) is 0 Å². The molecule has 0 aromatic carbocycles. The van der Waals surface area contributed by atoms with Crippen LogP contribution in [0.4, 0.5) is 0 Å². The van der Waals surface area contributed by atoms with Gasteiger partial charge in [-0.2, -0.15) is 0 Å². The van der Waals surface area contributed by atoms with Crippen molar-refractivity contribution in [1.82, 2.24) is 10.2 Å². The van der Waals surface area contributed by atoms with Crippen LogP contribution >= 0.6 is 0 Å². The summed E-state index contributed by atoms with van der Waals surface area (Å²) < 4.78 is 0. The average molecular weight is 263 g/mol. The van der Waals surface area contributed by atoms with E-state index in [1.54, 1.807) is 5.57 Å². The molecule has 19 heavy (non-hydrogen) atoms. The Morgan fingerprint density at radius 3 is 2.84 bits per heavy atom. The van der Waals surface area contributed by atoms with Crippen molar-refractivity contribution in [1.29, 1.82) is 0 Å². The number of hydrogen-bond acceptors (Lipinski definition) is 1. The monoisotopic (exact) mass is 263 g/mol. The van der Waals surface area contributed by atoms with Crippen molar-refractivity contribution < 1.29 is 0 Å². The predicted octanol–water partition coefficient (Wildman–Crippen LogP) is 3.18. The number of guanidine groups is 1. The topological polar surface area (TPSA) is 27.6 Å². The van der Waals surface area contributed by atoms with Gasteiger partial charge in [-0.05, 0) is 43.9 Å². The van der Waals surface area contributed by atoms with E-state index in [4.69, 9.17) is 0 Å². The lowest BCUT2D eigenvalue weighted by Crippen LogP contribution is -2.41. The highest BCUT2D eigenvalue weighted by Crippen LogP contribution is 2.28. The van der Waals surface area contributed by atoms with Crippen molar-refractivity contribution in [2.75, 3.05) is 26.7 Å². The molecular weight excluding hydrogens is 234 g/mol. The van der Waals surface area contributed by atoms with E-state index in [2.05, 4.69) is 35.1 Å². The number of nitrogens with one attached hydrogen (secondary N) is 1. The van der Waals surface area contributed by atoms with Crippen LogP contribution in [0.5, 0.6) is 0 Å². The molecule has 108 valence electrons. The molecule has 1 saturated heterocycles. The minimum absolute atomic E-state index is 0.434. The normalized spacial score (nSPS) is 23.4. The third-order valence-corrected chi connectivity index (χ3v) is 4.30. The maximum atomic E-state index is 4.43. The van der Waals surface area contributed by atoms with Crippen LogP contribution in [0.25, 0.3) is 0 Å². The second kappa shape index (κ2) is 6.44. The standard InChI is InChI=1S/C16H29N3/c1-16(2)10-12-19(13-16)15(17-3)18-11-9-14-7-5-4-6-8-14/h7H,4-6,8-13H2,1-3H3,(H,17,18). The molecule has 1 N–H and O–H groups in total. The third kappa shape index (κ3) is 4.26. The van der Waals surface area contributed by atoms with Gasteiger partial charge in [-0.15, -0.1) is 0 Å². The van der Waals surface area contributed by atoms with E-state index in [-0.39, 0.29) is 0 Å². The maximum Gasteiger partial charge on any atom is 0.193 e. The van der Waals surface area contributed by atoms with E-state index in [9.17, 15) is 0 Å². The van der Waals surface area contributed by atoms with Crippen molar-refractivity contribution in [2.24, 2.45) is 10.4 Å². The summed E-state index contributed by atoms with van der Waals surface area (Å²) in [4.78, 5) is 6.83. The Hall–Kier alpha value is -0.990. The maximum absolute atomic E-state index is 4.43. The molecule has 0 saturated carbocycles. The highest BCUT2D eigenvalue weighted by Gasteiger charge is 2.30. The fourth-order valence-corrected chi connectivity index (χ4v) is 3.09. The Balaban J connectivity index is 1.76. The van der Waals surface area contributed by atoms with Crippen molar-refractivity contribution in [2.45, 2.75) is 52.4 Å². The number of likely N-dealkylation sites (tertiary alicyclic amines) is 1. The van der Waals surface area contributed by atoms with Crippen LogP contribution < -0.4 is 5.32 Å². The largest absolute Gasteiger partial charge is 0.356 e. The van der Waals surface area contributed by atoms with Crippen LogP contribution in [-0.2, 0) is 0 Å². The van der Waals surface area contributed by atoms with Gasteiger partial charge in [-0.3, -0.25) is 4.99 Å². The van der Waals surface area contributed by atoms with Gasteiger partial charge in [0.2, 0.25) is 0 Å². The summed E-state index contributed by atoms with van der Waals surface area (Å²) in [6.07, 6.45) is 10.2. The summed E-state index contributed by atoms with van der Waals surface area (Å²) in [6, 6.07) is 0. The summed E-state index contributed by atoms with van der Waals surface area (Å²) in [5.41, 5.74) is 2.07. The fourth-order valence-electron chi connectivity index (χ4n) is 3.09. The summed E-state index contributed by atoms with van der Waals surface area (Å²) in [7, 11) is 1.90. The highest BCUT2D eigenvalue weighted by molar-refractivity contribution is 5.80. The van der Waals surface area contributed by atoms with Crippen LogP contribution in [0, 0.1) is 5.41 Å². The number of nitrogens with zero attached hydrogens (tertiary/aromatic N) is 2. The second-order valence-corrected chi connectivity index (χ2v) is 6.67. The summed E-state index contributed by atoms with van der Waals surface area (Å²) in [5.74, 6) is 1.09. The first-order valence-electron chi connectivity index (χ1n) is 7.74. The zero-order valence-electron chi connectivity index (χ0n) is 12.8. The second-order valence-electron chi connectivity index (χ2n) is 6.67. The third-order valence-electron chi connectivity index (χ3n) is 4.30. The van der Waals surface area contributed by atoms with Gasteiger partial charge in [0.05, 0.1) is 0 Å². The zero-order chi connectivity index (χ0) is 13.7. The molecule has 3 nitrogen and oxygen atoms in total. The molecule has 0 unspecified atom stereocenters. The molecule has 0 atom stereocenters. The van der Waals surface area contributed by atoms with E-state index in [1.165, 1.54) is 38.5 Å². The molecule has 3 heteroatoms. The quantitative estimate of drug-likeness (QED) is 0.481. The van der Waals surface area contributed by atoms with Crippen molar-refractivity contribution in [3.63, 3.8) is 0 Å². The number of aliphatic imine (C=N–C) groups is 1. The first-order valence-corrected chi connectivity index (χ1v) is 7.74. The fraction of sp³-hybridized carbons (Fsp3) is 0.812. The van der Waals surface area contributed by atoms with Crippen LogP contribution in [0.1, 0.15) is 52.4 Å². The molecule has 0 aromatic heterocycles. The Kier molecular flexibility index (Phi) is 4.89. The Bertz CT molecular complexity index is 355. The minimum atomic E-state index is 0.434. The van der Waals surface area contributed by atoms with Crippen molar-refractivity contribution in [3.8, 4) is 0 Å². The van der Waals surface area contributed by atoms with Crippen LogP contribution in [0.15, 0.2) is 16.6 Å². The number of allylic oxidation sites excluding steroid dienone is 1. The van der Waals surface area contributed by atoms with Gasteiger partial charge >= 0.3 is 0 Å². The van der Waals surface area contributed by atoms with Gasteiger partial charge in [-0.1, -0.05) is 25.5 Å². The average Bonchev–Trinajstić information content (AvgIpc) is 2.76. The van der Waals surface area contributed by atoms with Crippen LogP contribution in [-0.4, -0.2) is 37.5 Å². The first kappa shape index (κ1) is 14.4. The first-order chi connectivity index (χ1) is 9.11. The molecular formula is C16H29N3. The number of hydrogen-bond donors (Lipinski definition) is 1. The molecule has 1 aliphatic carbocycles. The van der Waals surface area contributed by atoms with E-state index in [0.717, 1.165) is 25.6 Å². The van der Waals surface area contributed by atoms with Crippen LogP contribution in [0.2, 0.25) is 0 Å². The van der Waals surface area contributed by atoms with Crippen molar-refractivity contribution in [3.05, 3.63) is 11.6 Å². The highest BCUT2D eigenvalue weighted by atomic mass is 15.3. The summed E-state index contributed by atoms with van der Waals surface area (Å²) >= 11 is 0. The lowest BCUT2D eigenvalue weighted by Gasteiger charge is -2.24. The Morgan fingerprint density at radius 1 is 1.42 bits per heavy atom. The molecule has 2 rings (SSSR count). The molecule has 0 aromatic rings. The molecule has 0 bridgehead atoms. The molecule has 1 heterocycles. The molecule has 2 aliphatic rings. The SMILES string of the molecule is CN=C(NCCC1=CCCCC1)N1CCC(C)(C)C1. The Morgan fingerprint density at radius 2 is 2.26 bits per heavy atom. The van der Waals surface area contributed by atoms with E-state index in [0.29, 0.717) is 5.41 Å². The Labute approximate surface area is 118 Å². The molecule has 0 radical (unpaired) electrons. The van der Waals surface area contributed by atoms with Gasteiger partial charge in [0, 0.05) is 26.7 Å². The van der Waals surface area contributed by atoms with E-state index in [1.807, 2.05) is 7.05 Å². The van der Waals surface area contributed by atoms with Gasteiger partial charge in [0.15, 0.2) is 5.96 Å².